The molecule has 0 radical (unpaired) electrons. The smallest absolute Gasteiger partial charge is 0.179 e. The summed E-state index contributed by atoms with van der Waals surface area (Å²) in [7, 11) is -3.36. The molecule has 0 amide bonds. The molecule has 1 aliphatic heterocycles. The molecule has 0 aliphatic carbocycles. The van der Waals surface area contributed by atoms with Gasteiger partial charge < -0.3 is 15.2 Å². The van der Waals surface area contributed by atoms with Gasteiger partial charge in [0.15, 0.2) is 9.84 Å². The Balaban J connectivity index is 0.00000312. The number of nitrogens with two attached hydrogens (primary N) is 1. The first-order valence-electron chi connectivity index (χ1n) is 7.81. The monoisotopic (exact) mass is 394 g/mol. The van der Waals surface area contributed by atoms with E-state index in [0.717, 1.165) is 13.1 Å². The van der Waals surface area contributed by atoms with Gasteiger partial charge in [-0.05, 0) is 30.3 Å². The lowest BCUT2D eigenvalue weighted by Gasteiger charge is -2.26. The Bertz CT molecular complexity index is 647. The molecule has 6 nitrogen and oxygen atoms in total. The molecule has 9 heteroatoms. The predicted octanol–water partition coefficient (Wildman–Crippen LogP) is 1.41. The highest BCUT2D eigenvalue weighted by Gasteiger charge is 2.18. The molecule has 0 spiro atoms. The Labute approximate surface area is 154 Å². The van der Waals surface area contributed by atoms with Crippen molar-refractivity contribution in [2.45, 2.75) is 4.90 Å². The zero-order valence-corrected chi connectivity index (χ0v) is 15.5. The van der Waals surface area contributed by atoms with E-state index in [2.05, 4.69) is 4.90 Å². The van der Waals surface area contributed by atoms with Crippen molar-refractivity contribution in [3.8, 4) is 5.75 Å². The van der Waals surface area contributed by atoms with Gasteiger partial charge in [-0.1, -0.05) is 0 Å². The Morgan fingerprint density at radius 1 is 1.28 bits per heavy atom. The highest BCUT2D eigenvalue weighted by Crippen LogP contribution is 2.18. The van der Waals surface area contributed by atoms with E-state index in [-0.39, 0.29) is 36.2 Å². The number of rotatable bonds is 8. The van der Waals surface area contributed by atoms with Gasteiger partial charge in [0.05, 0.1) is 23.9 Å². The Hall–Kier alpha value is -1.19. The lowest BCUT2D eigenvalue weighted by Crippen LogP contribution is -2.39. The summed E-state index contributed by atoms with van der Waals surface area (Å²) in [6, 6.07) is 6.01. The average Bonchev–Trinajstić information content (AvgIpc) is 2.60. The third kappa shape index (κ3) is 7.29. The summed E-state index contributed by atoms with van der Waals surface area (Å²) in [5, 5.41) is 0. The third-order valence-corrected chi connectivity index (χ3v) is 5.39. The maximum absolute atomic E-state index is 13.2. The largest absolute Gasteiger partial charge is 0.487 e. The van der Waals surface area contributed by atoms with Crippen LogP contribution in [0.1, 0.15) is 0 Å². The lowest BCUT2D eigenvalue weighted by atomic mass is 10.3. The van der Waals surface area contributed by atoms with E-state index in [1.165, 1.54) is 30.3 Å². The van der Waals surface area contributed by atoms with Crippen molar-refractivity contribution in [3.63, 3.8) is 0 Å². The highest BCUT2D eigenvalue weighted by atomic mass is 35.5. The Morgan fingerprint density at radius 3 is 2.52 bits per heavy atom. The van der Waals surface area contributed by atoms with Crippen LogP contribution in [-0.4, -0.2) is 65.1 Å². The second-order valence-electron chi connectivity index (χ2n) is 5.42. The fourth-order valence-electron chi connectivity index (χ4n) is 2.27. The summed E-state index contributed by atoms with van der Waals surface area (Å²) in [5.74, 6) is 0.00329. The van der Waals surface area contributed by atoms with Crippen LogP contribution in [-0.2, 0) is 14.6 Å². The van der Waals surface area contributed by atoms with Crippen LogP contribution < -0.4 is 10.5 Å². The average molecular weight is 395 g/mol. The third-order valence-electron chi connectivity index (χ3n) is 3.68. The quantitative estimate of drug-likeness (QED) is 0.717. The fourth-order valence-corrected chi connectivity index (χ4v) is 3.56. The zero-order chi connectivity index (χ0) is 17.4. The summed E-state index contributed by atoms with van der Waals surface area (Å²) < 4.78 is 48.4. The maximum atomic E-state index is 13.2. The standard InChI is InChI=1S/C16H23FN2O4S.ClH/c17-14(5-6-18)13-23-15-1-3-16(4-2-15)24(20,21)12-9-19-7-10-22-11-8-19;/h1-5H,6-13,18H2;1H/b14-5+;. The predicted molar refractivity (Wildman–Crippen MR) is 96.7 cm³/mol. The van der Waals surface area contributed by atoms with Crippen LogP contribution in [0.5, 0.6) is 5.75 Å². The van der Waals surface area contributed by atoms with E-state index in [1.54, 1.807) is 0 Å². The first-order chi connectivity index (χ1) is 11.5. The van der Waals surface area contributed by atoms with Crippen LogP contribution in [0.2, 0.25) is 0 Å². The SMILES string of the molecule is Cl.NC/C=C(/F)COc1ccc(S(=O)(=O)CCN2CCOCC2)cc1. The maximum Gasteiger partial charge on any atom is 0.179 e. The molecule has 0 unspecified atom stereocenters. The van der Waals surface area contributed by atoms with E-state index < -0.39 is 15.7 Å². The van der Waals surface area contributed by atoms with Crippen LogP contribution in [0.25, 0.3) is 0 Å². The lowest BCUT2D eigenvalue weighted by molar-refractivity contribution is 0.0408. The molecular weight excluding hydrogens is 371 g/mol. The van der Waals surface area contributed by atoms with Crippen molar-refractivity contribution in [2.75, 3.05) is 51.8 Å². The van der Waals surface area contributed by atoms with Gasteiger partial charge in [0.2, 0.25) is 0 Å². The van der Waals surface area contributed by atoms with Crippen LogP contribution in [0.15, 0.2) is 41.1 Å². The molecule has 0 atom stereocenters. The van der Waals surface area contributed by atoms with Crippen LogP contribution in [0.3, 0.4) is 0 Å². The molecule has 0 bridgehead atoms. The molecule has 25 heavy (non-hydrogen) atoms. The minimum atomic E-state index is -3.36. The van der Waals surface area contributed by atoms with Gasteiger partial charge in [-0.2, -0.15) is 0 Å². The first-order valence-corrected chi connectivity index (χ1v) is 9.47. The number of benzene rings is 1. The summed E-state index contributed by atoms with van der Waals surface area (Å²) >= 11 is 0. The minimum Gasteiger partial charge on any atom is -0.487 e. The van der Waals surface area contributed by atoms with Gasteiger partial charge in [-0.3, -0.25) is 4.90 Å². The van der Waals surface area contributed by atoms with Gasteiger partial charge in [-0.15, -0.1) is 12.4 Å². The number of ether oxygens (including phenoxy) is 2. The molecule has 1 aromatic carbocycles. The van der Waals surface area contributed by atoms with Crippen molar-refractivity contribution in [2.24, 2.45) is 5.73 Å². The van der Waals surface area contributed by atoms with Crippen molar-refractivity contribution < 1.29 is 22.3 Å². The minimum absolute atomic E-state index is 0. The number of sulfone groups is 1. The van der Waals surface area contributed by atoms with E-state index in [0.29, 0.717) is 25.5 Å². The first kappa shape index (κ1) is 21.9. The molecule has 2 rings (SSSR count). The van der Waals surface area contributed by atoms with Crippen LogP contribution >= 0.6 is 12.4 Å². The van der Waals surface area contributed by atoms with E-state index >= 15 is 0 Å². The Kier molecular flexibility index (Phi) is 9.37. The molecule has 1 aliphatic rings. The van der Waals surface area contributed by atoms with Gasteiger partial charge in [0, 0.05) is 26.2 Å². The van der Waals surface area contributed by atoms with E-state index in [9.17, 15) is 12.8 Å². The normalized spacial score (nSPS) is 16.3. The number of morpholine rings is 1. The summed E-state index contributed by atoms with van der Waals surface area (Å²) in [6.45, 7) is 3.16. The number of hydrogen-bond donors (Lipinski definition) is 1. The van der Waals surface area contributed by atoms with Gasteiger partial charge in [0.1, 0.15) is 18.2 Å². The second-order valence-corrected chi connectivity index (χ2v) is 7.53. The summed E-state index contributed by atoms with van der Waals surface area (Å²) in [6.07, 6.45) is 1.23. The fraction of sp³-hybridized carbons (Fsp3) is 0.500. The van der Waals surface area contributed by atoms with Crippen molar-refractivity contribution >= 4 is 22.2 Å². The van der Waals surface area contributed by atoms with Crippen LogP contribution in [0, 0.1) is 0 Å². The highest BCUT2D eigenvalue weighted by molar-refractivity contribution is 7.91. The summed E-state index contributed by atoms with van der Waals surface area (Å²) in [4.78, 5) is 2.31. The van der Waals surface area contributed by atoms with Gasteiger partial charge >= 0.3 is 0 Å². The van der Waals surface area contributed by atoms with Crippen molar-refractivity contribution in [1.29, 1.82) is 0 Å². The van der Waals surface area contributed by atoms with E-state index in [1.807, 2.05) is 0 Å². The molecule has 0 saturated carbocycles. The van der Waals surface area contributed by atoms with Crippen molar-refractivity contribution in [1.82, 2.24) is 4.90 Å². The van der Waals surface area contributed by atoms with Crippen LogP contribution in [0.4, 0.5) is 4.39 Å². The molecule has 2 N–H and O–H groups in total. The second kappa shape index (κ2) is 10.7. The van der Waals surface area contributed by atoms with Gasteiger partial charge in [-0.25, -0.2) is 12.8 Å². The number of halogens is 2. The molecule has 142 valence electrons. The molecular formula is C16H24ClFN2O4S. The Morgan fingerprint density at radius 2 is 1.92 bits per heavy atom. The van der Waals surface area contributed by atoms with E-state index in [4.69, 9.17) is 15.2 Å². The zero-order valence-electron chi connectivity index (χ0n) is 13.9. The van der Waals surface area contributed by atoms with Gasteiger partial charge in [0.25, 0.3) is 0 Å². The molecule has 0 aromatic heterocycles. The summed E-state index contributed by atoms with van der Waals surface area (Å²) in [5.41, 5.74) is 5.20. The molecule has 1 aromatic rings. The molecule has 1 saturated heterocycles. The van der Waals surface area contributed by atoms with Crippen molar-refractivity contribution in [3.05, 3.63) is 36.2 Å². The number of hydrogen-bond acceptors (Lipinski definition) is 6. The molecule has 1 fully saturated rings. The number of nitrogens with zero attached hydrogens (tertiary/aromatic N) is 1. The topological polar surface area (TPSA) is 81.9 Å². The molecule has 1 heterocycles.